The van der Waals surface area contributed by atoms with Crippen LogP contribution in [0, 0.1) is 23.7 Å². The van der Waals surface area contributed by atoms with Gasteiger partial charge in [0.25, 0.3) is 0 Å². The van der Waals surface area contributed by atoms with Crippen LogP contribution in [0.2, 0.25) is 0 Å². The summed E-state index contributed by atoms with van der Waals surface area (Å²) < 4.78 is 25.3. The van der Waals surface area contributed by atoms with Crippen LogP contribution < -0.4 is 0 Å². The van der Waals surface area contributed by atoms with E-state index in [1.807, 2.05) is 28.9 Å². The van der Waals surface area contributed by atoms with E-state index in [2.05, 4.69) is 28.8 Å². The van der Waals surface area contributed by atoms with Gasteiger partial charge in [-0.15, -0.1) is 0 Å². The van der Waals surface area contributed by atoms with Gasteiger partial charge in [0.1, 0.15) is 5.75 Å². The molecule has 2 aromatic rings. The Bertz CT molecular complexity index is 990. The summed E-state index contributed by atoms with van der Waals surface area (Å²) >= 11 is 0. The molecule has 2 saturated carbocycles. The second-order valence-corrected chi connectivity index (χ2v) is 9.71. The van der Waals surface area contributed by atoms with Gasteiger partial charge in [-0.2, -0.15) is 5.10 Å². The fourth-order valence-electron chi connectivity index (χ4n) is 3.07. The van der Waals surface area contributed by atoms with Crippen LogP contribution in [-0.2, 0) is 15.6 Å². The van der Waals surface area contributed by atoms with Gasteiger partial charge in [0.2, 0.25) is 0 Å². The minimum Gasteiger partial charge on any atom is -0.242 e. The van der Waals surface area contributed by atoms with E-state index in [-0.39, 0.29) is 11.8 Å². The van der Waals surface area contributed by atoms with Gasteiger partial charge in [-0.25, -0.2) is 18.1 Å². The Morgan fingerprint density at radius 3 is 2.69 bits per heavy atom. The molecule has 2 aliphatic carbocycles. The molecule has 1 aromatic heterocycles. The van der Waals surface area contributed by atoms with Crippen LogP contribution in [-0.4, -0.2) is 29.4 Å². The van der Waals surface area contributed by atoms with Crippen molar-refractivity contribution >= 4 is 9.84 Å². The van der Waals surface area contributed by atoms with Gasteiger partial charge in [-0.05, 0) is 50.7 Å². The second kappa shape index (κ2) is 6.55. The quantitative estimate of drug-likeness (QED) is 0.759. The van der Waals surface area contributed by atoms with Gasteiger partial charge in [0, 0.05) is 23.3 Å². The Kier molecular flexibility index (Phi) is 4.36. The van der Waals surface area contributed by atoms with Gasteiger partial charge >= 0.3 is 0 Å². The predicted molar refractivity (Wildman–Crippen MR) is 101 cm³/mol. The lowest BCUT2D eigenvalue weighted by Crippen LogP contribution is -2.11. The summed E-state index contributed by atoms with van der Waals surface area (Å²) in [5.74, 6) is 8.64. The van der Waals surface area contributed by atoms with E-state index in [1.54, 1.807) is 0 Å². The highest BCUT2D eigenvalue weighted by Gasteiger charge is 2.32. The number of benzene rings is 1. The van der Waals surface area contributed by atoms with Gasteiger partial charge in [-0.1, -0.05) is 24.0 Å². The Hall–Kier alpha value is -2.13. The number of nitrogens with zero attached hydrogens (tertiary/aromatic N) is 3. The second-order valence-electron chi connectivity index (χ2n) is 7.57. The van der Waals surface area contributed by atoms with Crippen molar-refractivity contribution in [3.8, 4) is 23.2 Å². The largest absolute Gasteiger partial charge is 0.242 e. The van der Waals surface area contributed by atoms with E-state index in [0.29, 0.717) is 17.7 Å². The predicted octanol–water partition coefficient (Wildman–Crippen LogP) is 3.22. The highest BCUT2D eigenvalue weighted by Crippen LogP contribution is 2.40. The standard InChI is InChI=1S/C20H23N3O2S/c1-14(17-10-11-17)23-20(21-19(22-23)13-26(2,24)25)18-5-3-4-16(12-18)9-8-15-6-7-15/h3-5,12,14-15,17H,6-7,10-11,13H2,1-2H3. The molecule has 5 nitrogen and oxygen atoms in total. The molecule has 0 amide bonds. The maximum Gasteiger partial charge on any atom is 0.166 e. The third-order valence-corrected chi connectivity index (χ3v) is 5.66. The van der Waals surface area contributed by atoms with Crippen molar-refractivity contribution in [2.45, 2.75) is 44.4 Å². The van der Waals surface area contributed by atoms with Crippen molar-refractivity contribution in [3.63, 3.8) is 0 Å². The van der Waals surface area contributed by atoms with Crippen LogP contribution in [0.5, 0.6) is 0 Å². The molecule has 1 heterocycles. The zero-order chi connectivity index (χ0) is 18.3. The first-order valence-electron chi connectivity index (χ1n) is 9.14. The number of hydrogen-bond acceptors (Lipinski definition) is 4. The van der Waals surface area contributed by atoms with Crippen molar-refractivity contribution in [1.82, 2.24) is 14.8 Å². The van der Waals surface area contributed by atoms with E-state index in [1.165, 1.54) is 31.9 Å². The summed E-state index contributed by atoms with van der Waals surface area (Å²) in [4.78, 5) is 4.57. The van der Waals surface area contributed by atoms with Gasteiger partial charge in [0.05, 0.1) is 6.04 Å². The van der Waals surface area contributed by atoms with Crippen LogP contribution >= 0.6 is 0 Å². The lowest BCUT2D eigenvalue weighted by atomic mass is 10.1. The number of hydrogen-bond donors (Lipinski definition) is 0. The minimum absolute atomic E-state index is 0.133. The highest BCUT2D eigenvalue weighted by molar-refractivity contribution is 7.89. The van der Waals surface area contributed by atoms with Crippen LogP contribution in [0.15, 0.2) is 24.3 Å². The molecule has 2 fully saturated rings. The summed E-state index contributed by atoms with van der Waals surface area (Å²) in [7, 11) is -3.17. The maximum absolute atomic E-state index is 11.7. The zero-order valence-corrected chi connectivity index (χ0v) is 16.0. The van der Waals surface area contributed by atoms with Crippen molar-refractivity contribution in [3.05, 3.63) is 35.7 Å². The van der Waals surface area contributed by atoms with E-state index in [4.69, 9.17) is 0 Å². The molecular weight excluding hydrogens is 346 g/mol. The summed E-state index contributed by atoms with van der Waals surface area (Å²) in [6.07, 6.45) is 6.00. The minimum atomic E-state index is -3.17. The first-order valence-corrected chi connectivity index (χ1v) is 11.2. The van der Waals surface area contributed by atoms with E-state index in [0.717, 1.165) is 17.0 Å². The molecule has 0 bridgehead atoms. The number of rotatable bonds is 5. The molecule has 4 rings (SSSR count). The first-order chi connectivity index (χ1) is 12.4. The molecule has 0 aliphatic heterocycles. The fourth-order valence-corrected chi connectivity index (χ4v) is 3.66. The van der Waals surface area contributed by atoms with Crippen LogP contribution in [0.4, 0.5) is 0 Å². The molecule has 0 saturated heterocycles. The monoisotopic (exact) mass is 369 g/mol. The third-order valence-electron chi connectivity index (χ3n) is 4.88. The summed E-state index contributed by atoms with van der Waals surface area (Å²) in [6, 6.07) is 8.21. The Labute approximate surface area is 154 Å². The highest BCUT2D eigenvalue weighted by atomic mass is 32.2. The van der Waals surface area contributed by atoms with Crippen molar-refractivity contribution in [2.24, 2.45) is 11.8 Å². The third kappa shape index (κ3) is 4.16. The lowest BCUT2D eigenvalue weighted by Gasteiger charge is -2.13. The molecule has 1 unspecified atom stereocenters. The van der Waals surface area contributed by atoms with Crippen molar-refractivity contribution < 1.29 is 8.42 Å². The average Bonchev–Trinajstić information content (AvgIpc) is 3.49. The number of aromatic nitrogens is 3. The Balaban J connectivity index is 1.72. The summed E-state index contributed by atoms with van der Waals surface area (Å²) in [6.45, 7) is 2.14. The zero-order valence-electron chi connectivity index (χ0n) is 15.1. The molecular formula is C20H23N3O2S. The first kappa shape index (κ1) is 17.3. The van der Waals surface area contributed by atoms with Gasteiger partial charge in [-0.3, -0.25) is 0 Å². The Morgan fingerprint density at radius 1 is 1.27 bits per heavy atom. The molecule has 0 N–H and O–H groups in total. The van der Waals surface area contributed by atoms with Crippen molar-refractivity contribution in [1.29, 1.82) is 0 Å². The van der Waals surface area contributed by atoms with Gasteiger partial charge in [0.15, 0.2) is 21.5 Å². The molecule has 1 atom stereocenters. The molecule has 136 valence electrons. The van der Waals surface area contributed by atoms with Crippen LogP contribution in [0.25, 0.3) is 11.4 Å². The summed E-state index contributed by atoms with van der Waals surface area (Å²) in [5, 5.41) is 4.54. The molecule has 6 heteroatoms. The molecule has 0 radical (unpaired) electrons. The van der Waals surface area contributed by atoms with Crippen LogP contribution in [0.1, 0.15) is 50.0 Å². The number of sulfone groups is 1. The lowest BCUT2D eigenvalue weighted by molar-refractivity contribution is 0.442. The molecule has 26 heavy (non-hydrogen) atoms. The van der Waals surface area contributed by atoms with E-state index < -0.39 is 9.84 Å². The Morgan fingerprint density at radius 2 is 2.04 bits per heavy atom. The average molecular weight is 369 g/mol. The van der Waals surface area contributed by atoms with E-state index >= 15 is 0 Å². The van der Waals surface area contributed by atoms with Crippen LogP contribution in [0.3, 0.4) is 0 Å². The van der Waals surface area contributed by atoms with E-state index in [9.17, 15) is 8.42 Å². The SMILES string of the molecule is CC(C1CC1)n1nc(CS(C)(=O)=O)nc1-c1cccc(C#CC2CC2)c1. The molecule has 0 spiro atoms. The molecule has 2 aliphatic rings. The van der Waals surface area contributed by atoms with Gasteiger partial charge < -0.3 is 0 Å². The maximum atomic E-state index is 11.7. The normalized spacial score (nSPS) is 18.2. The smallest absolute Gasteiger partial charge is 0.166 e. The molecule has 1 aromatic carbocycles. The topological polar surface area (TPSA) is 64.8 Å². The van der Waals surface area contributed by atoms with Crippen molar-refractivity contribution in [2.75, 3.05) is 6.26 Å². The summed E-state index contributed by atoms with van der Waals surface area (Å²) in [5.41, 5.74) is 1.90. The fraction of sp³-hybridized carbons (Fsp3) is 0.500.